The first kappa shape index (κ1) is 11.0. The van der Waals surface area contributed by atoms with Crippen molar-refractivity contribution in [1.29, 1.82) is 0 Å². The Kier molecular flexibility index (Phi) is 3.32. The van der Waals surface area contributed by atoms with Gasteiger partial charge in [-0.05, 0) is 42.0 Å². The normalized spacial score (nSPS) is 16.0. The second kappa shape index (κ2) is 4.54. The van der Waals surface area contributed by atoms with Gasteiger partial charge in [0, 0.05) is 17.6 Å². The Labute approximate surface area is 96.8 Å². The summed E-state index contributed by atoms with van der Waals surface area (Å²) in [5, 5.41) is 4.33. The number of halogens is 1. The van der Waals surface area contributed by atoms with Crippen LogP contribution in [-0.2, 0) is 6.54 Å². The number of hydrogen-bond donors (Lipinski definition) is 1. The molecule has 0 atom stereocenters. The second-order valence-electron chi connectivity index (χ2n) is 4.65. The largest absolute Gasteiger partial charge is 0.310 e. The molecule has 0 bridgehead atoms. The van der Waals surface area contributed by atoms with Crippen molar-refractivity contribution in [2.24, 2.45) is 0 Å². The molecule has 0 amide bonds. The third-order valence-electron chi connectivity index (χ3n) is 2.83. The van der Waals surface area contributed by atoms with E-state index in [1.807, 2.05) is 6.07 Å². The standard InChI is InChI=1S/C13H18ClN/c1-9(2)15-8-11-5-6-12(14)7-13(11)10-3-4-10/h5-7,9-10,15H,3-4,8H2,1-2H3. The third-order valence-corrected chi connectivity index (χ3v) is 3.06. The van der Waals surface area contributed by atoms with E-state index < -0.39 is 0 Å². The fourth-order valence-electron chi connectivity index (χ4n) is 1.82. The van der Waals surface area contributed by atoms with E-state index >= 15 is 0 Å². The van der Waals surface area contributed by atoms with Gasteiger partial charge in [0.2, 0.25) is 0 Å². The van der Waals surface area contributed by atoms with Crippen molar-refractivity contribution in [2.75, 3.05) is 0 Å². The lowest BCUT2D eigenvalue weighted by Gasteiger charge is -2.12. The Hall–Kier alpha value is -0.530. The molecule has 82 valence electrons. The Bertz CT molecular complexity index is 342. The molecule has 1 aromatic carbocycles. The highest BCUT2D eigenvalue weighted by atomic mass is 35.5. The molecule has 1 fully saturated rings. The van der Waals surface area contributed by atoms with Gasteiger partial charge < -0.3 is 5.32 Å². The Balaban J connectivity index is 2.14. The molecular weight excluding hydrogens is 206 g/mol. The minimum absolute atomic E-state index is 0.535. The number of hydrogen-bond acceptors (Lipinski definition) is 1. The Morgan fingerprint density at radius 2 is 2.13 bits per heavy atom. The molecular formula is C13H18ClN. The fourth-order valence-corrected chi connectivity index (χ4v) is 2.00. The third kappa shape index (κ3) is 2.96. The maximum absolute atomic E-state index is 6.03. The minimum atomic E-state index is 0.535. The molecule has 0 aromatic heterocycles. The van der Waals surface area contributed by atoms with Crippen molar-refractivity contribution in [2.45, 2.75) is 45.2 Å². The lowest BCUT2D eigenvalue weighted by Crippen LogP contribution is -2.22. The number of benzene rings is 1. The highest BCUT2D eigenvalue weighted by Gasteiger charge is 2.25. The van der Waals surface area contributed by atoms with Crippen LogP contribution in [0.5, 0.6) is 0 Å². The molecule has 0 saturated heterocycles. The smallest absolute Gasteiger partial charge is 0.0409 e. The van der Waals surface area contributed by atoms with E-state index in [0.717, 1.165) is 17.5 Å². The average Bonchev–Trinajstić information content (AvgIpc) is 2.98. The summed E-state index contributed by atoms with van der Waals surface area (Å²) in [6, 6.07) is 6.82. The van der Waals surface area contributed by atoms with E-state index in [1.54, 1.807) is 0 Å². The molecule has 15 heavy (non-hydrogen) atoms. The van der Waals surface area contributed by atoms with Gasteiger partial charge in [0.1, 0.15) is 0 Å². The fraction of sp³-hybridized carbons (Fsp3) is 0.538. The molecule has 0 aliphatic heterocycles. The van der Waals surface area contributed by atoms with Crippen LogP contribution >= 0.6 is 11.6 Å². The van der Waals surface area contributed by atoms with Gasteiger partial charge in [-0.15, -0.1) is 0 Å². The van der Waals surface area contributed by atoms with E-state index in [9.17, 15) is 0 Å². The van der Waals surface area contributed by atoms with Gasteiger partial charge in [-0.3, -0.25) is 0 Å². The van der Waals surface area contributed by atoms with Crippen molar-refractivity contribution in [3.8, 4) is 0 Å². The summed E-state index contributed by atoms with van der Waals surface area (Å²) in [6.45, 7) is 5.31. The van der Waals surface area contributed by atoms with E-state index in [-0.39, 0.29) is 0 Å². The molecule has 1 N–H and O–H groups in total. The highest BCUT2D eigenvalue weighted by Crippen LogP contribution is 2.42. The summed E-state index contributed by atoms with van der Waals surface area (Å²) < 4.78 is 0. The number of rotatable bonds is 4. The predicted octanol–water partition coefficient (Wildman–Crippen LogP) is 3.72. The molecule has 2 rings (SSSR count). The number of nitrogens with one attached hydrogen (secondary N) is 1. The monoisotopic (exact) mass is 223 g/mol. The lowest BCUT2D eigenvalue weighted by atomic mass is 10.0. The Morgan fingerprint density at radius 1 is 1.40 bits per heavy atom. The van der Waals surface area contributed by atoms with Gasteiger partial charge in [0.25, 0.3) is 0 Å². The lowest BCUT2D eigenvalue weighted by molar-refractivity contribution is 0.586. The molecule has 1 saturated carbocycles. The van der Waals surface area contributed by atoms with Gasteiger partial charge in [-0.25, -0.2) is 0 Å². The van der Waals surface area contributed by atoms with Crippen LogP contribution in [0.2, 0.25) is 5.02 Å². The van der Waals surface area contributed by atoms with Crippen LogP contribution in [0.4, 0.5) is 0 Å². The molecule has 0 radical (unpaired) electrons. The second-order valence-corrected chi connectivity index (χ2v) is 5.09. The van der Waals surface area contributed by atoms with Crippen LogP contribution in [-0.4, -0.2) is 6.04 Å². The maximum atomic E-state index is 6.03. The van der Waals surface area contributed by atoms with Crippen LogP contribution in [0, 0.1) is 0 Å². The maximum Gasteiger partial charge on any atom is 0.0409 e. The first-order valence-electron chi connectivity index (χ1n) is 5.68. The van der Waals surface area contributed by atoms with Gasteiger partial charge >= 0.3 is 0 Å². The molecule has 1 nitrogen and oxygen atoms in total. The first-order chi connectivity index (χ1) is 7.16. The van der Waals surface area contributed by atoms with Gasteiger partial charge in [-0.1, -0.05) is 31.5 Å². The molecule has 1 aliphatic rings. The van der Waals surface area contributed by atoms with Crippen molar-refractivity contribution in [3.05, 3.63) is 34.3 Å². The van der Waals surface area contributed by atoms with E-state index in [1.165, 1.54) is 24.0 Å². The summed E-state index contributed by atoms with van der Waals surface area (Å²) in [5.41, 5.74) is 2.87. The molecule has 2 heteroatoms. The molecule has 0 spiro atoms. The van der Waals surface area contributed by atoms with Gasteiger partial charge in [0.05, 0.1) is 0 Å². The van der Waals surface area contributed by atoms with Gasteiger partial charge in [-0.2, -0.15) is 0 Å². The van der Waals surface area contributed by atoms with E-state index in [4.69, 9.17) is 11.6 Å². The highest BCUT2D eigenvalue weighted by molar-refractivity contribution is 6.30. The van der Waals surface area contributed by atoms with Crippen molar-refractivity contribution >= 4 is 11.6 Å². The van der Waals surface area contributed by atoms with Gasteiger partial charge in [0.15, 0.2) is 0 Å². The molecule has 1 aliphatic carbocycles. The molecule has 0 heterocycles. The van der Waals surface area contributed by atoms with Crippen molar-refractivity contribution in [1.82, 2.24) is 5.32 Å². The average molecular weight is 224 g/mol. The zero-order valence-electron chi connectivity index (χ0n) is 9.39. The van der Waals surface area contributed by atoms with E-state index in [2.05, 4.69) is 31.3 Å². The topological polar surface area (TPSA) is 12.0 Å². The Morgan fingerprint density at radius 3 is 2.73 bits per heavy atom. The summed E-state index contributed by atoms with van der Waals surface area (Å²) in [5.74, 6) is 0.771. The van der Waals surface area contributed by atoms with Crippen molar-refractivity contribution in [3.63, 3.8) is 0 Å². The summed E-state index contributed by atoms with van der Waals surface area (Å²) in [6.07, 6.45) is 2.66. The van der Waals surface area contributed by atoms with Crippen molar-refractivity contribution < 1.29 is 0 Å². The predicted molar refractivity (Wildman–Crippen MR) is 65.4 cm³/mol. The van der Waals surface area contributed by atoms with E-state index in [0.29, 0.717) is 6.04 Å². The van der Waals surface area contributed by atoms with Crippen LogP contribution in [0.15, 0.2) is 18.2 Å². The van der Waals surface area contributed by atoms with Crippen LogP contribution in [0.25, 0.3) is 0 Å². The summed E-state index contributed by atoms with van der Waals surface area (Å²) in [4.78, 5) is 0. The molecule has 1 aromatic rings. The minimum Gasteiger partial charge on any atom is -0.310 e. The first-order valence-corrected chi connectivity index (χ1v) is 6.06. The van der Waals surface area contributed by atoms with Crippen LogP contribution < -0.4 is 5.32 Å². The zero-order valence-corrected chi connectivity index (χ0v) is 10.1. The molecule has 0 unspecified atom stereocenters. The summed E-state index contributed by atoms with van der Waals surface area (Å²) >= 11 is 6.03. The zero-order chi connectivity index (χ0) is 10.8. The van der Waals surface area contributed by atoms with Crippen LogP contribution in [0.3, 0.4) is 0 Å². The van der Waals surface area contributed by atoms with Crippen LogP contribution in [0.1, 0.15) is 43.7 Å². The summed E-state index contributed by atoms with van der Waals surface area (Å²) in [7, 11) is 0. The quantitative estimate of drug-likeness (QED) is 0.821. The SMILES string of the molecule is CC(C)NCc1ccc(Cl)cc1C1CC1.